The van der Waals surface area contributed by atoms with Gasteiger partial charge in [0, 0.05) is 5.92 Å². The van der Waals surface area contributed by atoms with Crippen LogP contribution < -0.4 is 11.1 Å². The minimum absolute atomic E-state index is 0.0368. The molecule has 0 radical (unpaired) electrons. The summed E-state index contributed by atoms with van der Waals surface area (Å²) in [6.45, 7) is 0. The lowest BCUT2D eigenvalue weighted by atomic mass is 9.80. The maximum atomic E-state index is 13.6. The standard InChI is InChI=1S/C14H16F4N2O/c15-10-5-2-6-11(19)12(10)20-13(21)8-3-1-4-9(7-8)14(16,17)18/h2,5-6,8-9H,1,3-4,7,19H2,(H,20,21). The second-order valence-corrected chi connectivity index (χ2v) is 5.30. The highest BCUT2D eigenvalue weighted by Crippen LogP contribution is 2.40. The Morgan fingerprint density at radius 2 is 2.00 bits per heavy atom. The Balaban J connectivity index is 2.07. The maximum absolute atomic E-state index is 13.6. The maximum Gasteiger partial charge on any atom is 0.391 e. The molecule has 116 valence electrons. The van der Waals surface area contributed by atoms with Crippen LogP contribution in [0.2, 0.25) is 0 Å². The van der Waals surface area contributed by atoms with Crippen molar-refractivity contribution in [1.82, 2.24) is 0 Å². The van der Waals surface area contributed by atoms with Crippen LogP contribution in [-0.4, -0.2) is 12.1 Å². The van der Waals surface area contributed by atoms with Gasteiger partial charge in [-0.25, -0.2) is 4.39 Å². The Kier molecular flexibility index (Phi) is 4.39. The van der Waals surface area contributed by atoms with Gasteiger partial charge in [-0.3, -0.25) is 4.79 Å². The molecule has 3 N–H and O–H groups in total. The van der Waals surface area contributed by atoms with Gasteiger partial charge in [0.25, 0.3) is 0 Å². The Labute approximate surface area is 119 Å². The van der Waals surface area contributed by atoms with Crippen LogP contribution in [0.25, 0.3) is 0 Å². The van der Waals surface area contributed by atoms with Crippen molar-refractivity contribution < 1.29 is 22.4 Å². The fourth-order valence-corrected chi connectivity index (χ4v) is 2.62. The molecule has 1 saturated carbocycles. The van der Waals surface area contributed by atoms with E-state index in [9.17, 15) is 22.4 Å². The summed E-state index contributed by atoms with van der Waals surface area (Å²) in [5, 5.41) is 2.31. The number of alkyl halides is 3. The first-order chi connectivity index (χ1) is 9.79. The molecular formula is C14H16F4N2O. The van der Waals surface area contributed by atoms with Crippen LogP contribution in [0, 0.1) is 17.7 Å². The second-order valence-electron chi connectivity index (χ2n) is 5.30. The number of hydrogen-bond acceptors (Lipinski definition) is 2. The number of benzene rings is 1. The van der Waals surface area contributed by atoms with Gasteiger partial charge in [0.1, 0.15) is 11.5 Å². The first-order valence-electron chi connectivity index (χ1n) is 6.70. The number of nitrogen functional groups attached to an aromatic ring is 1. The SMILES string of the molecule is Nc1cccc(F)c1NC(=O)C1CCCC(C(F)(F)F)C1. The summed E-state index contributed by atoms with van der Waals surface area (Å²) in [5.41, 5.74) is 5.44. The Morgan fingerprint density at radius 1 is 1.29 bits per heavy atom. The summed E-state index contributed by atoms with van der Waals surface area (Å²) in [6, 6.07) is 3.93. The van der Waals surface area contributed by atoms with Gasteiger partial charge < -0.3 is 11.1 Å². The predicted molar refractivity (Wildman–Crippen MR) is 70.9 cm³/mol. The molecule has 3 nitrogen and oxygen atoms in total. The molecule has 0 aromatic heterocycles. The van der Waals surface area contributed by atoms with E-state index < -0.39 is 29.7 Å². The molecule has 7 heteroatoms. The Morgan fingerprint density at radius 3 is 2.62 bits per heavy atom. The lowest BCUT2D eigenvalue weighted by molar-refractivity contribution is -0.185. The zero-order chi connectivity index (χ0) is 15.6. The van der Waals surface area contributed by atoms with E-state index in [2.05, 4.69) is 5.32 Å². The minimum Gasteiger partial charge on any atom is -0.397 e. The number of para-hydroxylation sites is 1. The van der Waals surface area contributed by atoms with Gasteiger partial charge in [0.15, 0.2) is 0 Å². The summed E-state index contributed by atoms with van der Waals surface area (Å²) < 4.78 is 51.7. The Hall–Kier alpha value is -1.79. The molecule has 1 amide bonds. The van der Waals surface area contributed by atoms with E-state index >= 15 is 0 Å². The van der Waals surface area contributed by atoms with Gasteiger partial charge in [0.2, 0.25) is 5.91 Å². The third kappa shape index (κ3) is 3.65. The van der Waals surface area contributed by atoms with Gasteiger partial charge in [-0.2, -0.15) is 13.2 Å². The van der Waals surface area contributed by atoms with Gasteiger partial charge >= 0.3 is 6.18 Å². The van der Waals surface area contributed by atoms with E-state index in [0.717, 1.165) is 6.07 Å². The molecule has 0 spiro atoms. The van der Waals surface area contributed by atoms with Crippen LogP contribution in [-0.2, 0) is 4.79 Å². The topological polar surface area (TPSA) is 55.1 Å². The monoisotopic (exact) mass is 304 g/mol. The molecule has 0 aliphatic heterocycles. The van der Waals surface area contributed by atoms with E-state index in [1.807, 2.05) is 0 Å². The number of carbonyl (C=O) groups is 1. The highest BCUT2D eigenvalue weighted by atomic mass is 19.4. The summed E-state index contributed by atoms with van der Waals surface area (Å²) in [7, 11) is 0. The largest absolute Gasteiger partial charge is 0.397 e. The summed E-state index contributed by atoms with van der Waals surface area (Å²) in [6.07, 6.45) is -3.82. The van der Waals surface area contributed by atoms with Crippen molar-refractivity contribution >= 4 is 17.3 Å². The van der Waals surface area contributed by atoms with E-state index in [4.69, 9.17) is 5.73 Å². The zero-order valence-corrected chi connectivity index (χ0v) is 11.2. The van der Waals surface area contributed by atoms with Crippen LogP contribution >= 0.6 is 0 Å². The van der Waals surface area contributed by atoms with Gasteiger partial charge in [-0.1, -0.05) is 12.5 Å². The normalized spacial score (nSPS) is 22.9. The highest BCUT2D eigenvalue weighted by molar-refractivity contribution is 5.95. The van der Waals surface area contributed by atoms with Crippen molar-refractivity contribution in [3.63, 3.8) is 0 Å². The van der Waals surface area contributed by atoms with Gasteiger partial charge in [-0.05, 0) is 31.4 Å². The van der Waals surface area contributed by atoms with Crippen molar-refractivity contribution in [3.05, 3.63) is 24.0 Å². The second kappa shape index (κ2) is 5.91. The Bertz CT molecular complexity index is 510. The van der Waals surface area contributed by atoms with E-state index in [1.165, 1.54) is 12.1 Å². The van der Waals surface area contributed by atoms with Crippen LogP contribution in [0.1, 0.15) is 25.7 Å². The molecule has 1 aliphatic rings. The molecule has 1 fully saturated rings. The molecule has 21 heavy (non-hydrogen) atoms. The zero-order valence-electron chi connectivity index (χ0n) is 11.2. The molecule has 1 aliphatic carbocycles. The van der Waals surface area contributed by atoms with Crippen LogP contribution in [0.5, 0.6) is 0 Å². The number of halogens is 4. The lowest BCUT2D eigenvalue weighted by Gasteiger charge is -2.29. The summed E-state index contributed by atoms with van der Waals surface area (Å²) >= 11 is 0. The summed E-state index contributed by atoms with van der Waals surface area (Å²) in [4.78, 5) is 12.0. The van der Waals surface area contributed by atoms with Gasteiger partial charge in [0.05, 0.1) is 11.6 Å². The van der Waals surface area contributed by atoms with Crippen molar-refractivity contribution in [1.29, 1.82) is 0 Å². The third-order valence-corrected chi connectivity index (χ3v) is 3.80. The number of carbonyl (C=O) groups excluding carboxylic acids is 1. The first-order valence-corrected chi connectivity index (χ1v) is 6.70. The van der Waals surface area contributed by atoms with Crippen molar-refractivity contribution in [3.8, 4) is 0 Å². The minimum atomic E-state index is -4.30. The number of rotatable bonds is 2. The molecule has 0 bridgehead atoms. The number of anilines is 2. The fraction of sp³-hybridized carbons (Fsp3) is 0.500. The first kappa shape index (κ1) is 15.6. The lowest BCUT2D eigenvalue weighted by Crippen LogP contribution is -2.34. The summed E-state index contributed by atoms with van der Waals surface area (Å²) in [5.74, 6) is -3.56. The number of nitrogens with one attached hydrogen (secondary N) is 1. The van der Waals surface area contributed by atoms with E-state index in [-0.39, 0.29) is 24.2 Å². The molecule has 1 aromatic rings. The average molecular weight is 304 g/mol. The molecular weight excluding hydrogens is 288 g/mol. The molecule has 2 rings (SSSR count). The predicted octanol–water partition coefficient (Wildman–Crippen LogP) is 3.72. The van der Waals surface area contributed by atoms with Crippen LogP contribution in [0.4, 0.5) is 28.9 Å². The highest BCUT2D eigenvalue weighted by Gasteiger charge is 2.43. The van der Waals surface area contributed by atoms with Crippen molar-refractivity contribution in [2.75, 3.05) is 11.1 Å². The van der Waals surface area contributed by atoms with E-state index in [0.29, 0.717) is 12.8 Å². The van der Waals surface area contributed by atoms with Crippen LogP contribution in [0.3, 0.4) is 0 Å². The molecule has 2 atom stereocenters. The van der Waals surface area contributed by atoms with Crippen molar-refractivity contribution in [2.45, 2.75) is 31.9 Å². The smallest absolute Gasteiger partial charge is 0.391 e. The number of nitrogens with two attached hydrogens (primary N) is 1. The molecule has 0 heterocycles. The molecule has 1 aromatic carbocycles. The quantitative estimate of drug-likeness (QED) is 0.646. The number of hydrogen-bond donors (Lipinski definition) is 2. The van der Waals surface area contributed by atoms with Crippen molar-refractivity contribution in [2.24, 2.45) is 11.8 Å². The van der Waals surface area contributed by atoms with E-state index in [1.54, 1.807) is 0 Å². The fourth-order valence-electron chi connectivity index (χ4n) is 2.62. The molecule has 0 saturated heterocycles. The van der Waals surface area contributed by atoms with Crippen LogP contribution in [0.15, 0.2) is 18.2 Å². The average Bonchev–Trinajstić information content (AvgIpc) is 2.42. The van der Waals surface area contributed by atoms with Gasteiger partial charge in [-0.15, -0.1) is 0 Å². The molecule has 2 unspecified atom stereocenters. The number of amides is 1. The third-order valence-electron chi connectivity index (χ3n) is 3.80.